The van der Waals surface area contributed by atoms with Gasteiger partial charge in [-0.2, -0.15) is 0 Å². The van der Waals surface area contributed by atoms with Crippen LogP contribution in [0, 0.1) is 0 Å². The number of nitrogens with two attached hydrogens (primary N) is 2. The van der Waals surface area contributed by atoms with Crippen molar-refractivity contribution in [2.75, 3.05) is 27.2 Å². The second kappa shape index (κ2) is 33.1. The zero-order valence-electron chi connectivity index (χ0n) is 21.3. The number of carbonyl (C=O) groups excluding carboxylic acids is 1. The number of unbranched alkanes of at least 4 members (excludes halogenated alkanes) is 11. The fraction of sp³-hybridized carbons (Fsp3) is 0.880. The first kappa shape index (κ1) is 36.8. The lowest BCUT2D eigenvalue weighted by molar-refractivity contribution is -0.114. The van der Waals surface area contributed by atoms with Crippen molar-refractivity contribution in [3.8, 4) is 0 Å². The summed E-state index contributed by atoms with van der Waals surface area (Å²) in [4.78, 5) is 12.7. The minimum absolute atomic E-state index is 0. The molecule has 0 unspecified atom stereocenters. The van der Waals surface area contributed by atoms with Gasteiger partial charge in [0.05, 0.1) is 0 Å². The first-order valence-corrected chi connectivity index (χ1v) is 12.2. The van der Waals surface area contributed by atoms with Gasteiger partial charge in [-0.3, -0.25) is 4.79 Å². The highest BCUT2D eigenvalue weighted by Crippen LogP contribution is 2.10. The second-order valence-corrected chi connectivity index (χ2v) is 8.17. The van der Waals surface area contributed by atoms with Crippen LogP contribution in [0.25, 0.3) is 0 Å². The summed E-state index contributed by atoms with van der Waals surface area (Å²) in [6.07, 6.45) is 20.6. The SMILES string of the molecule is CCCCC=C(C)C(N)=O.CCCCCCCCCCCCN(C)C.CCCN.Cl. The summed E-state index contributed by atoms with van der Waals surface area (Å²) in [6, 6.07) is 0. The fourth-order valence-electron chi connectivity index (χ4n) is 2.54. The molecule has 0 spiro atoms. The van der Waals surface area contributed by atoms with E-state index in [2.05, 4.69) is 39.8 Å². The van der Waals surface area contributed by atoms with E-state index in [4.69, 9.17) is 11.5 Å². The quantitative estimate of drug-likeness (QED) is 0.200. The van der Waals surface area contributed by atoms with E-state index < -0.39 is 0 Å². The van der Waals surface area contributed by atoms with Gasteiger partial charge in [0.15, 0.2) is 0 Å². The summed E-state index contributed by atoms with van der Waals surface area (Å²) in [5, 5.41) is 0. The molecule has 0 heterocycles. The maximum absolute atomic E-state index is 10.4. The zero-order valence-corrected chi connectivity index (χ0v) is 22.1. The third-order valence-electron chi connectivity index (χ3n) is 4.64. The molecule has 0 aromatic carbocycles. The zero-order chi connectivity index (χ0) is 22.8. The van der Waals surface area contributed by atoms with E-state index in [1.54, 1.807) is 6.92 Å². The van der Waals surface area contributed by atoms with Crippen LogP contribution in [-0.4, -0.2) is 38.0 Å². The van der Waals surface area contributed by atoms with Crippen molar-refractivity contribution >= 4 is 18.3 Å². The van der Waals surface area contributed by atoms with Crippen molar-refractivity contribution in [1.82, 2.24) is 4.90 Å². The normalized spacial score (nSPS) is 10.5. The molecule has 0 saturated heterocycles. The molecular formula is C25H56ClN3O. The van der Waals surface area contributed by atoms with Gasteiger partial charge in [-0.15, -0.1) is 12.4 Å². The van der Waals surface area contributed by atoms with Crippen LogP contribution >= 0.6 is 12.4 Å². The summed E-state index contributed by atoms with van der Waals surface area (Å²) >= 11 is 0. The number of halogens is 1. The van der Waals surface area contributed by atoms with Crippen molar-refractivity contribution in [2.24, 2.45) is 11.5 Å². The third-order valence-corrected chi connectivity index (χ3v) is 4.64. The summed E-state index contributed by atoms with van der Waals surface area (Å²) in [7, 11) is 4.32. The average molecular weight is 450 g/mol. The Labute approximate surface area is 196 Å². The van der Waals surface area contributed by atoms with Crippen LogP contribution in [0.5, 0.6) is 0 Å². The number of amides is 1. The van der Waals surface area contributed by atoms with E-state index in [1.807, 2.05) is 6.08 Å². The van der Waals surface area contributed by atoms with Gasteiger partial charge in [0.1, 0.15) is 0 Å². The first-order valence-electron chi connectivity index (χ1n) is 12.2. The number of nitrogens with zero attached hydrogens (tertiary/aromatic N) is 1. The lowest BCUT2D eigenvalue weighted by atomic mass is 10.1. The van der Waals surface area contributed by atoms with Crippen LogP contribution in [-0.2, 0) is 4.79 Å². The number of hydrogen-bond acceptors (Lipinski definition) is 3. The Hall–Kier alpha value is -0.580. The van der Waals surface area contributed by atoms with E-state index in [0.717, 1.165) is 32.2 Å². The van der Waals surface area contributed by atoms with Crippen LogP contribution in [0.1, 0.15) is 118 Å². The van der Waals surface area contributed by atoms with Crippen molar-refractivity contribution in [3.05, 3.63) is 11.6 Å². The third kappa shape index (κ3) is 41.7. The number of carbonyl (C=O) groups is 1. The molecule has 0 bridgehead atoms. The first-order chi connectivity index (χ1) is 13.9. The molecule has 0 atom stereocenters. The molecule has 0 aliphatic rings. The molecule has 0 aromatic rings. The maximum atomic E-state index is 10.4. The van der Waals surface area contributed by atoms with E-state index >= 15 is 0 Å². The number of hydrogen-bond donors (Lipinski definition) is 2. The van der Waals surface area contributed by atoms with Crippen molar-refractivity contribution in [3.63, 3.8) is 0 Å². The van der Waals surface area contributed by atoms with Gasteiger partial charge in [0, 0.05) is 5.57 Å². The molecule has 1 amide bonds. The van der Waals surface area contributed by atoms with E-state index in [0.29, 0.717) is 5.57 Å². The van der Waals surface area contributed by atoms with Gasteiger partial charge in [0.25, 0.3) is 0 Å². The highest BCUT2D eigenvalue weighted by atomic mass is 35.5. The molecule has 5 heteroatoms. The number of primary amides is 1. The molecule has 0 fully saturated rings. The molecule has 0 aliphatic heterocycles. The maximum Gasteiger partial charge on any atom is 0.244 e. The predicted octanol–water partition coefficient (Wildman–Crippen LogP) is 6.85. The molecule has 0 aromatic heterocycles. The van der Waals surface area contributed by atoms with Gasteiger partial charge in [-0.25, -0.2) is 0 Å². The average Bonchev–Trinajstić information content (AvgIpc) is 2.70. The van der Waals surface area contributed by atoms with E-state index in [-0.39, 0.29) is 18.3 Å². The molecule has 0 rings (SSSR count). The lowest BCUT2D eigenvalue weighted by Gasteiger charge is -2.08. The molecule has 30 heavy (non-hydrogen) atoms. The molecule has 0 aliphatic carbocycles. The second-order valence-electron chi connectivity index (χ2n) is 8.17. The van der Waals surface area contributed by atoms with E-state index in [9.17, 15) is 4.79 Å². The molecule has 4 N–H and O–H groups in total. The van der Waals surface area contributed by atoms with Gasteiger partial charge < -0.3 is 16.4 Å². The Kier molecular flexibility index (Phi) is 40.5. The van der Waals surface area contributed by atoms with Crippen LogP contribution < -0.4 is 11.5 Å². The van der Waals surface area contributed by atoms with Crippen LogP contribution in [0.2, 0.25) is 0 Å². The fourth-order valence-corrected chi connectivity index (χ4v) is 2.54. The molecule has 4 nitrogen and oxygen atoms in total. The van der Waals surface area contributed by atoms with Crippen LogP contribution in [0.4, 0.5) is 0 Å². The summed E-state index contributed by atoms with van der Waals surface area (Å²) in [5.41, 5.74) is 10.7. The Morgan fingerprint density at radius 1 is 0.767 bits per heavy atom. The smallest absolute Gasteiger partial charge is 0.244 e. The van der Waals surface area contributed by atoms with Crippen LogP contribution in [0.15, 0.2) is 11.6 Å². The number of allylic oxidation sites excluding steroid dienone is 1. The minimum atomic E-state index is -0.309. The standard InChI is InChI=1S/C14H31N.C8H15NO.C3H9N.ClH/c1-4-5-6-7-8-9-10-11-12-13-14-15(2)3;1-3-4-5-6-7(2)8(9)10;1-2-3-4;/h4-14H2,1-3H3;6H,3-5H2,1-2H3,(H2,9,10);2-4H2,1H3;1H. The Balaban J connectivity index is -0.000000195. The monoisotopic (exact) mass is 449 g/mol. The van der Waals surface area contributed by atoms with E-state index in [1.165, 1.54) is 70.8 Å². The van der Waals surface area contributed by atoms with Crippen molar-refractivity contribution in [1.29, 1.82) is 0 Å². The minimum Gasteiger partial charge on any atom is -0.366 e. The topological polar surface area (TPSA) is 72.4 Å². The summed E-state index contributed by atoms with van der Waals surface area (Å²) < 4.78 is 0. The highest BCUT2D eigenvalue weighted by molar-refractivity contribution is 5.91. The predicted molar refractivity (Wildman–Crippen MR) is 139 cm³/mol. The Morgan fingerprint density at radius 3 is 1.50 bits per heavy atom. The largest absolute Gasteiger partial charge is 0.366 e. The lowest BCUT2D eigenvalue weighted by Crippen LogP contribution is -2.12. The van der Waals surface area contributed by atoms with Gasteiger partial charge in [0.2, 0.25) is 5.91 Å². The highest BCUT2D eigenvalue weighted by Gasteiger charge is 1.94. The Morgan fingerprint density at radius 2 is 1.17 bits per heavy atom. The summed E-state index contributed by atoms with van der Waals surface area (Å²) in [6.45, 7) is 10.3. The molecular weight excluding hydrogens is 394 g/mol. The molecule has 184 valence electrons. The summed E-state index contributed by atoms with van der Waals surface area (Å²) in [5.74, 6) is -0.309. The van der Waals surface area contributed by atoms with Crippen molar-refractivity contribution < 1.29 is 4.79 Å². The molecule has 0 saturated carbocycles. The van der Waals surface area contributed by atoms with Gasteiger partial charge in [-0.05, 0) is 53.4 Å². The van der Waals surface area contributed by atoms with Crippen molar-refractivity contribution in [2.45, 2.75) is 118 Å². The number of rotatable bonds is 16. The van der Waals surface area contributed by atoms with Gasteiger partial charge in [-0.1, -0.05) is 97.5 Å². The Bertz CT molecular complexity index is 345. The van der Waals surface area contributed by atoms with Gasteiger partial charge >= 0.3 is 0 Å². The molecule has 0 radical (unpaired) electrons. The van der Waals surface area contributed by atoms with Crippen LogP contribution in [0.3, 0.4) is 0 Å².